The lowest BCUT2D eigenvalue weighted by atomic mass is 10.2. The largest absolute Gasteiger partial charge is 0.335 e. The van der Waals surface area contributed by atoms with E-state index >= 15 is 0 Å². The third kappa shape index (κ3) is 2.84. The number of amides is 2. The molecule has 1 aliphatic heterocycles. The van der Waals surface area contributed by atoms with Crippen LogP contribution in [0.5, 0.6) is 0 Å². The highest BCUT2D eigenvalue weighted by molar-refractivity contribution is 5.75. The predicted molar refractivity (Wildman–Crippen MR) is 59.8 cm³/mol. The van der Waals surface area contributed by atoms with Crippen molar-refractivity contribution in [3.63, 3.8) is 0 Å². The van der Waals surface area contributed by atoms with Crippen LogP contribution in [0, 0.1) is 0 Å². The first-order chi connectivity index (χ1) is 7.16. The summed E-state index contributed by atoms with van der Waals surface area (Å²) in [6.07, 6.45) is 2.33. The van der Waals surface area contributed by atoms with Crippen LogP contribution in [0.1, 0.15) is 26.7 Å². The fourth-order valence-corrected chi connectivity index (χ4v) is 1.93. The lowest BCUT2D eigenvalue weighted by molar-refractivity contribution is 0.119. The maximum absolute atomic E-state index is 11.7. The molecular weight excluding hydrogens is 190 g/mol. The van der Waals surface area contributed by atoms with E-state index in [0.29, 0.717) is 12.1 Å². The fourth-order valence-electron chi connectivity index (χ4n) is 1.93. The molecule has 1 saturated carbocycles. The molecule has 4 heteroatoms. The molecule has 4 nitrogen and oxygen atoms in total. The summed E-state index contributed by atoms with van der Waals surface area (Å²) in [5, 5.41) is 3.04. The van der Waals surface area contributed by atoms with Gasteiger partial charge in [-0.05, 0) is 26.7 Å². The van der Waals surface area contributed by atoms with Gasteiger partial charge in [0, 0.05) is 38.3 Å². The Morgan fingerprint density at radius 3 is 2.27 bits per heavy atom. The summed E-state index contributed by atoms with van der Waals surface area (Å²) < 4.78 is 0. The molecule has 1 saturated heterocycles. The van der Waals surface area contributed by atoms with Gasteiger partial charge in [0.2, 0.25) is 0 Å². The molecular formula is C11H21N3O. The van der Waals surface area contributed by atoms with Crippen LogP contribution >= 0.6 is 0 Å². The lowest BCUT2D eigenvalue weighted by Gasteiger charge is -2.36. The second-order valence-corrected chi connectivity index (χ2v) is 4.84. The molecule has 2 fully saturated rings. The van der Waals surface area contributed by atoms with Crippen LogP contribution in [-0.4, -0.2) is 54.1 Å². The number of urea groups is 1. The van der Waals surface area contributed by atoms with E-state index in [9.17, 15) is 4.79 Å². The predicted octanol–water partition coefficient (Wildman–Crippen LogP) is 0.884. The molecule has 0 aromatic heterocycles. The van der Waals surface area contributed by atoms with Gasteiger partial charge in [0.05, 0.1) is 0 Å². The normalized spacial score (nSPS) is 23.3. The Hall–Kier alpha value is -0.770. The Morgan fingerprint density at radius 1 is 1.20 bits per heavy atom. The maximum atomic E-state index is 11.7. The van der Waals surface area contributed by atoms with Crippen LogP contribution in [0.3, 0.4) is 0 Å². The van der Waals surface area contributed by atoms with E-state index in [1.807, 2.05) is 4.90 Å². The number of carbonyl (C=O) groups is 1. The Kier molecular flexibility index (Phi) is 3.14. The number of nitrogens with zero attached hydrogens (tertiary/aromatic N) is 2. The zero-order valence-corrected chi connectivity index (χ0v) is 9.70. The van der Waals surface area contributed by atoms with Gasteiger partial charge in [-0.2, -0.15) is 0 Å². The highest BCUT2D eigenvalue weighted by Crippen LogP contribution is 2.19. The summed E-state index contributed by atoms with van der Waals surface area (Å²) in [6.45, 7) is 8.18. The highest BCUT2D eigenvalue weighted by atomic mass is 16.2. The standard InChI is InChI=1S/C11H21N3O/c1-9(2)13-5-7-14(8-6-13)11(15)12-10-3-4-10/h9-10H,3-8H2,1-2H3,(H,12,15). The first kappa shape index (κ1) is 10.7. The van der Waals surface area contributed by atoms with Crippen LogP contribution in [-0.2, 0) is 0 Å². The van der Waals surface area contributed by atoms with Gasteiger partial charge in [-0.15, -0.1) is 0 Å². The smallest absolute Gasteiger partial charge is 0.317 e. The van der Waals surface area contributed by atoms with E-state index in [1.165, 1.54) is 0 Å². The summed E-state index contributed by atoms with van der Waals surface area (Å²) in [5.41, 5.74) is 0. The minimum Gasteiger partial charge on any atom is -0.335 e. The van der Waals surface area contributed by atoms with Gasteiger partial charge in [-0.25, -0.2) is 4.79 Å². The first-order valence-corrected chi connectivity index (χ1v) is 5.96. The fraction of sp³-hybridized carbons (Fsp3) is 0.909. The monoisotopic (exact) mass is 211 g/mol. The lowest BCUT2D eigenvalue weighted by Crippen LogP contribution is -2.53. The SMILES string of the molecule is CC(C)N1CCN(C(=O)NC2CC2)CC1. The van der Waals surface area contributed by atoms with E-state index in [2.05, 4.69) is 24.1 Å². The van der Waals surface area contributed by atoms with E-state index in [-0.39, 0.29) is 6.03 Å². The molecule has 0 aromatic carbocycles. The number of carbonyl (C=O) groups excluding carboxylic acids is 1. The van der Waals surface area contributed by atoms with Gasteiger partial charge in [0.25, 0.3) is 0 Å². The maximum Gasteiger partial charge on any atom is 0.317 e. The molecule has 2 rings (SSSR count). The third-order valence-electron chi connectivity index (χ3n) is 3.24. The summed E-state index contributed by atoms with van der Waals surface area (Å²) in [5.74, 6) is 0. The number of nitrogens with one attached hydrogen (secondary N) is 1. The summed E-state index contributed by atoms with van der Waals surface area (Å²) in [4.78, 5) is 16.1. The van der Waals surface area contributed by atoms with Crippen molar-refractivity contribution in [3.8, 4) is 0 Å². The van der Waals surface area contributed by atoms with Gasteiger partial charge in [-0.3, -0.25) is 4.90 Å². The van der Waals surface area contributed by atoms with Crippen molar-refractivity contribution in [1.29, 1.82) is 0 Å². The summed E-state index contributed by atoms with van der Waals surface area (Å²) in [7, 11) is 0. The molecule has 0 unspecified atom stereocenters. The molecule has 0 spiro atoms. The molecule has 86 valence electrons. The van der Waals surface area contributed by atoms with E-state index in [1.54, 1.807) is 0 Å². The van der Waals surface area contributed by atoms with Gasteiger partial charge in [-0.1, -0.05) is 0 Å². The van der Waals surface area contributed by atoms with Crippen LogP contribution in [0.2, 0.25) is 0 Å². The first-order valence-electron chi connectivity index (χ1n) is 5.96. The quantitative estimate of drug-likeness (QED) is 0.736. The van der Waals surface area contributed by atoms with Crippen molar-refractivity contribution in [2.75, 3.05) is 26.2 Å². The van der Waals surface area contributed by atoms with Crippen LogP contribution in [0.15, 0.2) is 0 Å². The molecule has 0 atom stereocenters. The minimum atomic E-state index is 0.140. The molecule has 0 radical (unpaired) electrons. The second kappa shape index (κ2) is 4.39. The average Bonchev–Trinajstić information content (AvgIpc) is 3.02. The van der Waals surface area contributed by atoms with Crippen LogP contribution in [0.25, 0.3) is 0 Å². The molecule has 2 amide bonds. The van der Waals surface area contributed by atoms with Crippen LogP contribution < -0.4 is 5.32 Å². The van der Waals surface area contributed by atoms with Gasteiger partial charge in [0.1, 0.15) is 0 Å². The molecule has 1 N–H and O–H groups in total. The molecule has 2 aliphatic rings. The van der Waals surface area contributed by atoms with E-state index in [4.69, 9.17) is 0 Å². The van der Waals surface area contributed by atoms with E-state index in [0.717, 1.165) is 39.0 Å². The van der Waals surface area contributed by atoms with Crippen LogP contribution in [0.4, 0.5) is 4.79 Å². The van der Waals surface area contributed by atoms with Gasteiger partial charge >= 0.3 is 6.03 Å². The number of hydrogen-bond acceptors (Lipinski definition) is 2. The van der Waals surface area contributed by atoms with Gasteiger partial charge < -0.3 is 10.2 Å². The van der Waals surface area contributed by atoms with Gasteiger partial charge in [0.15, 0.2) is 0 Å². The van der Waals surface area contributed by atoms with Crippen molar-refractivity contribution in [2.45, 2.75) is 38.8 Å². The zero-order chi connectivity index (χ0) is 10.8. The molecule has 1 aliphatic carbocycles. The molecule has 1 heterocycles. The Bertz CT molecular complexity index is 230. The average molecular weight is 211 g/mol. The molecule has 0 aromatic rings. The topological polar surface area (TPSA) is 35.6 Å². The van der Waals surface area contributed by atoms with Crippen molar-refractivity contribution in [1.82, 2.24) is 15.1 Å². The third-order valence-corrected chi connectivity index (χ3v) is 3.24. The number of piperazine rings is 1. The Balaban J connectivity index is 1.74. The number of hydrogen-bond donors (Lipinski definition) is 1. The van der Waals surface area contributed by atoms with Crippen molar-refractivity contribution >= 4 is 6.03 Å². The summed E-state index contributed by atoms with van der Waals surface area (Å²) >= 11 is 0. The second-order valence-electron chi connectivity index (χ2n) is 4.84. The molecule has 15 heavy (non-hydrogen) atoms. The Morgan fingerprint density at radius 2 is 1.80 bits per heavy atom. The van der Waals surface area contributed by atoms with Crippen molar-refractivity contribution < 1.29 is 4.79 Å². The Labute approximate surface area is 91.6 Å². The highest BCUT2D eigenvalue weighted by Gasteiger charge is 2.27. The van der Waals surface area contributed by atoms with Crippen molar-refractivity contribution in [3.05, 3.63) is 0 Å². The van der Waals surface area contributed by atoms with E-state index < -0.39 is 0 Å². The van der Waals surface area contributed by atoms with Crippen molar-refractivity contribution in [2.24, 2.45) is 0 Å². The molecule has 0 bridgehead atoms. The number of rotatable bonds is 2. The zero-order valence-electron chi connectivity index (χ0n) is 9.70. The minimum absolute atomic E-state index is 0.140. The summed E-state index contributed by atoms with van der Waals surface area (Å²) in [6, 6.07) is 1.21.